The molecule has 17 heavy (non-hydrogen) atoms. The van der Waals surface area contributed by atoms with E-state index in [1.807, 2.05) is 30.5 Å². The quantitative estimate of drug-likeness (QED) is 0.478. The van der Waals surface area contributed by atoms with E-state index in [0.717, 1.165) is 16.8 Å². The number of hydrogen-bond donors (Lipinski definition) is 0. The van der Waals surface area contributed by atoms with Crippen LogP contribution < -0.4 is 4.57 Å². The fraction of sp³-hybridized carbons (Fsp3) is 0.133. The first kappa shape index (κ1) is 9.11. The number of pyridine rings is 1. The van der Waals surface area contributed by atoms with Crippen LogP contribution in [0.5, 0.6) is 0 Å². The third-order valence-electron chi connectivity index (χ3n) is 3.76. The lowest BCUT2D eigenvalue weighted by Gasteiger charge is -2.32. The molecule has 1 aromatic carbocycles. The second-order valence-corrected chi connectivity index (χ2v) is 4.60. The highest BCUT2D eigenvalue weighted by molar-refractivity contribution is 5.66. The van der Waals surface area contributed by atoms with Gasteiger partial charge in [-0.3, -0.25) is 0 Å². The van der Waals surface area contributed by atoms with Crippen molar-refractivity contribution in [2.24, 2.45) is 0 Å². The molecule has 1 nitrogen and oxygen atoms in total. The molecule has 0 spiro atoms. The number of halogens is 1. The molecule has 2 unspecified atom stereocenters. The second-order valence-electron chi connectivity index (χ2n) is 4.60. The molecule has 0 N–H and O–H groups in total. The van der Waals surface area contributed by atoms with Crippen molar-refractivity contribution < 1.29 is 8.96 Å². The van der Waals surface area contributed by atoms with E-state index in [1.54, 1.807) is 12.1 Å². The number of benzene rings is 1. The highest BCUT2D eigenvalue weighted by Crippen LogP contribution is 2.44. The number of rotatable bonds is 0. The second kappa shape index (κ2) is 3.04. The minimum Gasteiger partial charge on any atom is -0.206 e. The van der Waals surface area contributed by atoms with Crippen LogP contribution in [0.25, 0.3) is 11.3 Å². The van der Waals surface area contributed by atoms with Gasteiger partial charge >= 0.3 is 0 Å². The molecule has 2 heterocycles. The lowest BCUT2D eigenvalue weighted by atomic mass is 9.76. The number of hydrogen-bond acceptors (Lipinski definition) is 0. The summed E-state index contributed by atoms with van der Waals surface area (Å²) in [4.78, 5) is 0. The summed E-state index contributed by atoms with van der Waals surface area (Å²) >= 11 is 0. The Kier molecular flexibility index (Phi) is 1.63. The van der Waals surface area contributed by atoms with Crippen molar-refractivity contribution in [3.63, 3.8) is 0 Å². The van der Waals surface area contributed by atoms with Gasteiger partial charge in [0.15, 0.2) is 12.2 Å². The molecule has 2 heteroatoms. The van der Waals surface area contributed by atoms with Crippen LogP contribution in [0, 0.1) is 5.82 Å². The van der Waals surface area contributed by atoms with Crippen molar-refractivity contribution >= 4 is 0 Å². The molecule has 1 aliphatic carbocycles. The number of aromatic nitrogens is 1. The third kappa shape index (κ3) is 1.05. The van der Waals surface area contributed by atoms with Crippen LogP contribution in [-0.4, -0.2) is 0 Å². The van der Waals surface area contributed by atoms with E-state index in [-0.39, 0.29) is 5.82 Å². The first-order valence-electron chi connectivity index (χ1n) is 5.83. The van der Waals surface area contributed by atoms with Crippen LogP contribution in [0.1, 0.15) is 17.5 Å². The van der Waals surface area contributed by atoms with E-state index < -0.39 is 0 Å². The van der Waals surface area contributed by atoms with E-state index in [9.17, 15) is 4.39 Å². The summed E-state index contributed by atoms with van der Waals surface area (Å²) < 4.78 is 16.2. The summed E-state index contributed by atoms with van der Waals surface area (Å²) in [6.07, 6.45) is 6.37. The Labute approximate surface area is 98.8 Å². The zero-order valence-electron chi connectivity index (χ0n) is 9.18. The molecule has 1 aromatic heterocycles. The van der Waals surface area contributed by atoms with E-state index in [2.05, 4.69) is 16.7 Å². The molecule has 0 saturated carbocycles. The van der Waals surface area contributed by atoms with Gasteiger partial charge in [0, 0.05) is 12.1 Å². The predicted molar refractivity (Wildman–Crippen MR) is 62.9 cm³/mol. The molecule has 0 fully saturated rings. The maximum atomic E-state index is 14.0. The van der Waals surface area contributed by atoms with Gasteiger partial charge in [-0.05, 0) is 23.8 Å². The van der Waals surface area contributed by atoms with Crippen molar-refractivity contribution in [1.82, 2.24) is 0 Å². The fourth-order valence-corrected chi connectivity index (χ4v) is 2.89. The minimum absolute atomic E-state index is 0.124. The number of nitrogens with zero attached hydrogens (tertiary/aromatic N) is 1. The average Bonchev–Trinajstić information content (AvgIpc) is 2.28. The van der Waals surface area contributed by atoms with Gasteiger partial charge in [-0.15, -0.1) is 0 Å². The van der Waals surface area contributed by atoms with Crippen molar-refractivity contribution in [2.45, 2.75) is 12.0 Å². The van der Waals surface area contributed by atoms with Crippen molar-refractivity contribution in [3.05, 3.63) is 66.1 Å². The van der Waals surface area contributed by atoms with Gasteiger partial charge in [-0.25, -0.2) is 4.39 Å². The Bertz CT molecular complexity index is 645. The monoisotopic (exact) mass is 224 g/mol. The molecule has 2 aliphatic rings. The summed E-state index contributed by atoms with van der Waals surface area (Å²) in [5.74, 6) is 0.210. The SMILES string of the molecule is Fc1cccc2c1-c1cccc[n+]1C1C=CC21. The van der Waals surface area contributed by atoms with Crippen molar-refractivity contribution in [1.29, 1.82) is 0 Å². The lowest BCUT2D eigenvalue weighted by Crippen LogP contribution is -2.49. The zero-order chi connectivity index (χ0) is 11.4. The lowest BCUT2D eigenvalue weighted by molar-refractivity contribution is -0.709. The van der Waals surface area contributed by atoms with Crippen LogP contribution in [0.4, 0.5) is 4.39 Å². The average molecular weight is 224 g/mol. The molecule has 0 amide bonds. The predicted octanol–water partition coefficient (Wildman–Crippen LogP) is 2.99. The highest BCUT2D eigenvalue weighted by Gasteiger charge is 2.42. The Morgan fingerprint density at radius 2 is 1.94 bits per heavy atom. The van der Waals surface area contributed by atoms with Crippen molar-refractivity contribution in [2.75, 3.05) is 0 Å². The Morgan fingerprint density at radius 1 is 1.00 bits per heavy atom. The molecule has 1 aliphatic heterocycles. The van der Waals surface area contributed by atoms with Gasteiger partial charge in [0.2, 0.25) is 5.69 Å². The topological polar surface area (TPSA) is 3.88 Å². The Hall–Kier alpha value is -1.96. The summed E-state index contributed by atoms with van der Waals surface area (Å²) in [6, 6.07) is 11.7. The molecule has 4 rings (SSSR count). The highest BCUT2D eigenvalue weighted by atomic mass is 19.1. The van der Waals surface area contributed by atoms with E-state index in [0.29, 0.717) is 12.0 Å². The molecular formula is C15H11FN+. The van der Waals surface area contributed by atoms with Crippen LogP contribution in [0.3, 0.4) is 0 Å². The van der Waals surface area contributed by atoms with E-state index in [1.165, 1.54) is 0 Å². The molecule has 0 radical (unpaired) electrons. The van der Waals surface area contributed by atoms with Crippen LogP contribution in [0.15, 0.2) is 54.7 Å². The van der Waals surface area contributed by atoms with Gasteiger partial charge in [0.05, 0.1) is 11.5 Å². The third-order valence-corrected chi connectivity index (χ3v) is 3.76. The first-order valence-corrected chi connectivity index (χ1v) is 5.83. The van der Waals surface area contributed by atoms with Gasteiger partial charge in [0.1, 0.15) is 5.82 Å². The molecule has 82 valence electrons. The smallest absolute Gasteiger partial charge is 0.206 e. The van der Waals surface area contributed by atoms with Gasteiger partial charge < -0.3 is 0 Å². The van der Waals surface area contributed by atoms with Gasteiger partial charge in [-0.1, -0.05) is 18.2 Å². The molecule has 2 aromatic rings. The molecular weight excluding hydrogens is 213 g/mol. The molecule has 0 saturated heterocycles. The van der Waals surface area contributed by atoms with Crippen molar-refractivity contribution in [3.8, 4) is 11.3 Å². The standard InChI is InChI=1S/C15H11FN/c16-12-5-3-4-11-10-7-8-13(10)17-9-2-1-6-14(17)15(11)12/h1-10,13H/q+1. The van der Waals surface area contributed by atoms with E-state index >= 15 is 0 Å². The first-order chi connectivity index (χ1) is 8.36. The number of fused-ring (bicyclic) bond motifs is 6. The summed E-state index contributed by atoms with van der Waals surface area (Å²) in [7, 11) is 0. The molecule has 2 atom stereocenters. The van der Waals surface area contributed by atoms with Gasteiger partial charge in [0.25, 0.3) is 0 Å². The summed E-state index contributed by atoms with van der Waals surface area (Å²) in [5.41, 5.74) is 2.86. The summed E-state index contributed by atoms with van der Waals surface area (Å²) in [6.45, 7) is 0. The largest absolute Gasteiger partial charge is 0.216 e. The van der Waals surface area contributed by atoms with Crippen LogP contribution >= 0.6 is 0 Å². The van der Waals surface area contributed by atoms with E-state index in [4.69, 9.17) is 0 Å². The van der Waals surface area contributed by atoms with Crippen LogP contribution in [0.2, 0.25) is 0 Å². The number of allylic oxidation sites excluding steroid dienone is 2. The normalized spacial score (nSPS) is 23.4. The Balaban J connectivity index is 2.12. The fourth-order valence-electron chi connectivity index (χ4n) is 2.89. The molecule has 0 bridgehead atoms. The Morgan fingerprint density at radius 3 is 2.76 bits per heavy atom. The maximum Gasteiger partial charge on any atom is 0.216 e. The van der Waals surface area contributed by atoms with Crippen LogP contribution in [-0.2, 0) is 0 Å². The van der Waals surface area contributed by atoms with Gasteiger partial charge in [-0.2, -0.15) is 4.57 Å². The summed E-state index contributed by atoms with van der Waals surface area (Å²) in [5, 5.41) is 0. The zero-order valence-corrected chi connectivity index (χ0v) is 9.18. The maximum absolute atomic E-state index is 14.0. The minimum atomic E-state index is -0.124.